The van der Waals surface area contributed by atoms with Crippen LogP contribution in [0.25, 0.3) is 0 Å². The van der Waals surface area contributed by atoms with Gasteiger partial charge in [-0.05, 0) is 69.8 Å². The highest BCUT2D eigenvalue weighted by Crippen LogP contribution is 2.50. The number of hydrogen-bond donors (Lipinski definition) is 0. The Hall–Kier alpha value is -1.42. The summed E-state index contributed by atoms with van der Waals surface area (Å²) >= 11 is 0. The fraction of sp³-hybridized carbons (Fsp3) is 0.632. The van der Waals surface area contributed by atoms with Crippen molar-refractivity contribution in [2.75, 3.05) is 20.1 Å². The van der Waals surface area contributed by atoms with Gasteiger partial charge < -0.3 is 9.80 Å². The van der Waals surface area contributed by atoms with Gasteiger partial charge in [0.15, 0.2) is 0 Å². The molecule has 4 rings (SSSR count). The molecule has 1 aromatic rings. The Labute approximate surface area is 137 Å². The number of amides is 1. The second kappa shape index (κ2) is 5.59. The molecule has 0 unspecified atom stereocenters. The first-order valence-electron chi connectivity index (χ1n) is 8.89. The van der Waals surface area contributed by atoms with Crippen molar-refractivity contribution in [1.29, 1.82) is 0 Å². The zero-order valence-corrected chi connectivity index (χ0v) is 13.8. The SMILES string of the molecule is CN1CCC[C@@H]1[C@H]1CCCN1C(=O)C1(c2ccc(F)cc2)CC1. The number of halogens is 1. The summed E-state index contributed by atoms with van der Waals surface area (Å²) in [5, 5.41) is 0. The van der Waals surface area contributed by atoms with Crippen molar-refractivity contribution in [3.63, 3.8) is 0 Å². The van der Waals surface area contributed by atoms with E-state index in [1.54, 1.807) is 12.1 Å². The summed E-state index contributed by atoms with van der Waals surface area (Å²) in [7, 11) is 2.19. The summed E-state index contributed by atoms with van der Waals surface area (Å²) in [6, 6.07) is 7.45. The number of likely N-dealkylation sites (N-methyl/N-ethyl adjacent to an activating group) is 1. The summed E-state index contributed by atoms with van der Waals surface area (Å²) in [4.78, 5) is 17.9. The molecule has 4 heteroatoms. The second-order valence-corrected chi connectivity index (χ2v) is 7.49. The molecule has 124 valence electrons. The predicted octanol–water partition coefficient (Wildman–Crippen LogP) is 2.94. The summed E-state index contributed by atoms with van der Waals surface area (Å²) in [5.74, 6) is 0.0514. The lowest BCUT2D eigenvalue weighted by molar-refractivity contribution is -0.135. The van der Waals surface area contributed by atoms with Gasteiger partial charge in [0.05, 0.1) is 5.41 Å². The first-order valence-corrected chi connectivity index (χ1v) is 8.89. The topological polar surface area (TPSA) is 23.6 Å². The van der Waals surface area contributed by atoms with E-state index >= 15 is 0 Å². The van der Waals surface area contributed by atoms with Crippen LogP contribution in [0.3, 0.4) is 0 Å². The number of benzene rings is 1. The van der Waals surface area contributed by atoms with Gasteiger partial charge in [-0.3, -0.25) is 4.79 Å². The third-order valence-corrected chi connectivity index (χ3v) is 6.14. The zero-order valence-electron chi connectivity index (χ0n) is 13.8. The van der Waals surface area contributed by atoms with Gasteiger partial charge in [0, 0.05) is 18.6 Å². The third kappa shape index (κ3) is 2.47. The maximum atomic E-state index is 13.3. The first kappa shape index (κ1) is 15.1. The van der Waals surface area contributed by atoms with Gasteiger partial charge in [-0.25, -0.2) is 4.39 Å². The van der Waals surface area contributed by atoms with E-state index in [0.717, 1.165) is 44.3 Å². The zero-order chi connectivity index (χ0) is 16.0. The molecule has 2 heterocycles. The van der Waals surface area contributed by atoms with Gasteiger partial charge in [-0.15, -0.1) is 0 Å². The third-order valence-electron chi connectivity index (χ3n) is 6.14. The summed E-state index contributed by atoms with van der Waals surface area (Å²) < 4.78 is 13.2. The lowest BCUT2D eigenvalue weighted by Gasteiger charge is -2.35. The number of carbonyl (C=O) groups is 1. The van der Waals surface area contributed by atoms with Gasteiger partial charge in [-0.2, -0.15) is 0 Å². The Bertz CT molecular complexity index is 596. The van der Waals surface area contributed by atoms with E-state index < -0.39 is 0 Å². The Morgan fingerprint density at radius 3 is 2.35 bits per heavy atom. The van der Waals surface area contributed by atoms with Crippen LogP contribution in [0.15, 0.2) is 24.3 Å². The molecule has 1 aromatic carbocycles. The molecule has 1 amide bonds. The van der Waals surface area contributed by atoms with E-state index in [0.29, 0.717) is 12.1 Å². The summed E-state index contributed by atoms with van der Waals surface area (Å²) in [6.07, 6.45) is 6.49. The van der Waals surface area contributed by atoms with Crippen molar-refractivity contribution in [2.45, 2.75) is 56.0 Å². The molecule has 23 heavy (non-hydrogen) atoms. The minimum atomic E-state index is -0.368. The number of likely N-dealkylation sites (tertiary alicyclic amines) is 2. The van der Waals surface area contributed by atoms with E-state index in [-0.39, 0.29) is 17.1 Å². The molecule has 3 nitrogen and oxygen atoms in total. The minimum absolute atomic E-state index is 0.233. The van der Waals surface area contributed by atoms with Gasteiger partial charge in [0.25, 0.3) is 0 Å². The van der Waals surface area contributed by atoms with Gasteiger partial charge in [0.1, 0.15) is 5.82 Å². The first-order chi connectivity index (χ1) is 11.1. The van der Waals surface area contributed by atoms with Crippen LogP contribution in [0.5, 0.6) is 0 Å². The van der Waals surface area contributed by atoms with Crippen LogP contribution in [0, 0.1) is 5.82 Å². The van der Waals surface area contributed by atoms with Crippen LogP contribution < -0.4 is 0 Å². The highest BCUT2D eigenvalue weighted by molar-refractivity contribution is 5.91. The van der Waals surface area contributed by atoms with Gasteiger partial charge >= 0.3 is 0 Å². The van der Waals surface area contributed by atoms with Crippen molar-refractivity contribution in [3.05, 3.63) is 35.6 Å². The normalized spacial score (nSPS) is 29.9. The van der Waals surface area contributed by atoms with Crippen molar-refractivity contribution in [2.24, 2.45) is 0 Å². The van der Waals surface area contributed by atoms with Crippen LogP contribution >= 0.6 is 0 Å². The molecular formula is C19H25FN2O. The molecule has 2 saturated heterocycles. The van der Waals surface area contributed by atoms with Crippen LogP contribution in [-0.4, -0.2) is 47.9 Å². The van der Waals surface area contributed by atoms with Crippen molar-refractivity contribution < 1.29 is 9.18 Å². The highest BCUT2D eigenvalue weighted by atomic mass is 19.1. The summed E-state index contributed by atoms with van der Waals surface area (Å²) in [5.41, 5.74) is 0.627. The van der Waals surface area contributed by atoms with E-state index in [1.165, 1.54) is 25.0 Å². The molecule has 2 atom stereocenters. The fourth-order valence-corrected chi connectivity index (χ4v) is 4.66. The Kier molecular flexibility index (Phi) is 3.67. The Balaban J connectivity index is 1.57. The molecule has 3 fully saturated rings. The molecule has 3 aliphatic rings. The van der Waals surface area contributed by atoms with Gasteiger partial charge in [-0.1, -0.05) is 12.1 Å². The average Bonchev–Trinajstić information content (AvgIpc) is 3.02. The van der Waals surface area contributed by atoms with E-state index in [9.17, 15) is 9.18 Å². The molecular weight excluding hydrogens is 291 g/mol. The number of hydrogen-bond acceptors (Lipinski definition) is 2. The fourth-order valence-electron chi connectivity index (χ4n) is 4.66. The van der Waals surface area contributed by atoms with Crippen molar-refractivity contribution in [1.82, 2.24) is 9.80 Å². The van der Waals surface area contributed by atoms with Crippen LogP contribution in [0.2, 0.25) is 0 Å². The van der Waals surface area contributed by atoms with Crippen LogP contribution in [0.1, 0.15) is 44.1 Å². The van der Waals surface area contributed by atoms with Crippen molar-refractivity contribution >= 4 is 5.91 Å². The van der Waals surface area contributed by atoms with Gasteiger partial charge in [0.2, 0.25) is 5.91 Å². The second-order valence-electron chi connectivity index (χ2n) is 7.49. The standard InChI is InChI=1S/C19H25FN2O/c1-21-12-2-4-16(21)17-5-3-13-22(17)18(23)19(10-11-19)14-6-8-15(20)9-7-14/h6-9,16-17H,2-5,10-13H2,1H3/t16-,17-/m1/s1. The number of nitrogens with zero attached hydrogens (tertiary/aromatic N) is 2. The smallest absolute Gasteiger partial charge is 0.233 e. The summed E-state index contributed by atoms with van der Waals surface area (Å²) in [6.45, 7) is 2.03. The lowest BCUT2D eigenvalue weighted by Crippen LogP contribution is -2.50. The maximum Gasteiger partial charge on any atom is 0.233 e. The molecule has 0 spiro atoms. The quantitative estimate of drug-likeness (QED) is 0.856. The molecule has 1 aliphatic carbocycles. The number of rotatable bonds is 3. The molecule has 0 N–H and O–H groups in total. The monoisotopic (exact) mass is 316 g/mol. The Morgan fingerprint density at radius 2 is 1.74 bits per heavy atom. The molecule has 0 bridgehead atoms. The molecule has 2 aliphatic heterocycles. The molecule has 0 aromatic heterocycles. The van der Waals surface area contributed by atoms with Crippen LogP contribution in [-0.2, 0) is 10.2 Å². The average molecular weight is 316 g/mol. The largest absolute Gasteiger partial charge is 0.337 e. The lowest BCUT2D eigenvalue weighted by atomic mass is 9.93. The molecule has 0 radical (unpaired) electrons. The van der Waals surface area contributed by atoms with E-state index in [4.69, 9.17) is 0 Å². The minimum Gasteiger partial charge on any atom is -0.337 e. The Morgan fingerprint density at radius 1 is 1.09 bits per heavy atom. The van der Waals surface area contributed by atoms with E-state index in [2.05, 4.69) is 16.8 Å². The highest BCUT2D eigenvalue weighted by Gasteiger charge is 2.55. The van der Waals surface area contributed by atoms with Crippen LogP contribution in [0.4, 0.5) is 4.39 Å². The van der Waals surface area contributed by atoms with Crippen molar-refractivity contribution in [3.8, 4) is 0 Å². The molecule has 1 saturated carbocycles. The predicted molar refractivity (Wildman–Crippen MR) is 87.7 cm³/mol. The maximum absolute atomic E-state index is 13.3. The van der Waals surface area contributed by atoms with E-state index in [1.807, 2.05) is 0 Å². The number of carbonyl (C=O) groups excluding carboxylic acids is 1.